The van der Waals surface area contributed by atoms with Crippen molar-refractivity contribution in [1.29, 1.82) is 0 Å². The molecular formula is C4H5N5O. The van der Waals surface area contributed by atoms with Crippen LogP contribution < -0.4 is 11.5 Å². The second kappa shape index (κ2) is 2.26. The van der Waals surface area contributed by atoms with Crippen molar-refractivity contribution in [3.8, 4) is 0 Å². The van der Waals surface area contributed by atoms with Crippen molar-refractivity contribution in [1.82, 2.24) is 9.97 Å². The van der Waals surface area contributed by atoms with Gasteiger partial charge < -0.3 is 11.5 Å². The van der Waals surface area contributed by atoms with Crippen LogP contribution in [0.15, 0.2) is 11.2 Å². The molecule has 0 aliphatic heterocycles. The average molecular weight is 139 g/mol. The lowest BCUT2D eigenvalue weighted by Crippen LogP contribution is -1.97. The Kier molecular flexibility index (Phi) is 1.44. The van der Waals surface area contributed by atoms with Crippen molar-refractivity contribution in [3.63, 3.8) is 0 Å². The fourth-order valence-corrected chi connectivity index (χ4v) is 0.518. The quantitative estimate of drug-likeness (QED) is 0.534. The SMILES string of the molecule is Nc1cc(N=O)nc(N)n1. The van der Waals surface area contributed by atoms with E-state index in [0.29, 0.717) is 0 Å². The van der Waals surface area contributed by atoms with E-state index in [2.05, 4.69) is 15.1 Å². The van der Waals surface area contributed by atoms with Gasteiger partial charge in [-0.15, -0.1) is 4.91 Å². The van der Waals surface area contributed by atoms with Gasteiger partial charge >= 0.3 is 0 Å². The number of hydrogen-bond donors (Lipinski definition) is 2. The maximum absolute atomic E-state index is 9.86. The van der Waals surface area contributed by atoms with Crippen molar-refractivity contribution in [2.24, 2.45) is 5.18 Å². The molecule has 0 aliphatic rings. The van der Waals surface area contributed by atoms with Gasteiger partial charge in [0.1, 0.15) is 5.82 Å². The summed E-state index contributed by atoms with van der Waals surface area (Å²) in [6.07, 6.45) is 0. The molecule has 0 amide bonds. The van der Waals surface area contributed by atoms with Gasteiger partial charge in [0.2, 0.25) is 11.8 Å². The van der Waals surface area contributed by atoms with Crippen molar-refractivity contribution in [3.05, 3.63) is 11.0 Å². The normalized spacial score (nSPS) is 9.20. The zero-order chi connectivity index (χ0) is 7.56. The smallest absolute Gasteiger partial charge is 0.224 e. The molecule has 0 aromatic carbocycles. The predicted molar refractivity (Wildman–Crippen MR) is 36.3 cm³/mol. The third kappa shape index (κ3) is 1.16. The van der Waals surface area contributed by atoms with E-state index < -0.39 is 0 Å². The minimum Gasteiger partial charge on any atom is -0.383 e. The molecule has 10 heavy (non-hydrogen) atoms. The monoisotopic (exact) mass is 139 g/mol. The molecule has 0 saturated heterocycles. The average Bonchev–Trinajstić information content (AvgIpc) is 1.85. The Bertz CT molecular complexity index is 240. The molecule has 4 N–H and O–H groups in total. The highest BCUT2D eigenvalue weighted by atomic mass is 16.3. The number of nitrogens with zero attached hydrogens (tertiary/aromatic N) is 3. The van der Waals surface area contributed by atoms with E-state index >= 15 is 0 Å². The molecule has 52 valence electrons. The summed E-state index contributed by atoms with van der Waals surface area (Å²) in [6, 6.07) is 1.24. The lowest BCUT2D eigenvalue weighted by Gasteiger charge is -1.93. The summed E-state index contributed by atoms with van der Waals surface area (Å²) in [5, 5.41) is 2.53. The summed E-state index contributed by atoms with van der Waals surface area (Å²) in [7, 11) is 0. The molecule has 6 heteroatoms. The lowest BCUT2D eigenvalue weighted by molar-refractivity contribution is 1.17. The molecule has 6 nitrogen and oxygen atoms in total. The first-order valence-corrected chi connectivity index (χ1v) is 2.46. The fraction of sp³-hybridized carbons (Fsp3) is 0. The fourth-order valence-electron chi connectivity index (χ4n) is 0.518. The molecule has 0 atom stereocenters. The van der Waals surface area contributed by atoms with Crippen molar-refractivity contribution < 1.29 is 0 Å². The highest BCUT2D eigenvalue weighted by Crippen LogP contribution is 2.11. The van der Waals surface area contributed by atoms with Gasteiger partial charge in [-0.2, -0.15) is 9.97 Å². The Balaban J connectivity index is 3.18. The summed E-state index contributed by atoms with van der Waals surface area (Å²) in [6.45, 7) is 0. The van der Waals surface area contributed by atoms with Crippen molar-refractivity contribution in [2.45, 2.75) is 0 Å². The highest BCUT2D eigenvalue weighted by Gasteiger charge is 1.97. The summed E-state index contributed by atoms with van der Waals surface area (Å²) in [5.41, 5.74) is 10.3. The van der Waals surface area contributed by atoms with Crippen LogP contribution in [-0.2, 0) is 0 Å². The number of hydrogen-bond acceptors (Lipinski definition) is 6. The number of nitrogens with two attached hydrogens (primary N) is 2. The van der Waals surface area contributed by atoms with Crippen LogP contribution in [0.25, 0.3) is 0 Å². The Morgan fingerprint density at radius 1 is 1.40 bits per heavy atom. The van der Waals surface area contributed by atoms with Crippen LogP contribution in [0.5, 0.6) is 0 Å². The molecular weight excluding hydrogens is 134 g/mol. The number of nitrogen functional groups attached to an aromatic ring is 2. The van der Waals surface area contributed by atoms with E-state index in [1.807, 2.05) is 0 Å². The molecule has 0 radical (unpaired) electrons. The van der Waals surface area contributed by atoms with E-state index in [0.717, 1.165) is 0 Å². The van der Waals surface area contributed by atoms with E-state index in [9.17, 15) is 4.91 Å². The summed E-state index contributed by atoms with van der Waals surface area (Å²) >= 11 is 0. The first-order valence-electron chi connectivity index (χ1n) is 2.46. The van der Waals surface area contributed by atoms with Gasteiger partial charge in [0.05, 0.1) is 0 Å². The van der Waals surface area contributed by atoms with Crippen LogP contribution in [0.2, 0.25) is 0 Å². The van der Waals surface area contributed by atoms with Crippen molar-refractivity contribution in [2.75, 3.05) is 11.5 Å². The van der Waals surface area contributed by atoms with E-state index in [-0.39, 0.29) is 17.6 Å². The Morgan fingerprint density at radius 3 is 2.60 bits per heavy atom. The zero-order valence-electron chi connectivity index (χ0n) is 4.98. The molecule has 0 fully saturated rings. The van der Waals surface area contributed by atoms with E-state index in [1.165, 1.54) is 6.07 Å². The molecule has 0 spiro atoms. The molecule has 1 rings (SSSR count). The third-order valence-electron chi connectivity index (χ3n) is 0.843. The molecule has 1 heterocycles. The third-order valence-corrected chi connectivity index (χ3v) is 0.843. The summed E-state index contributed by atoms with van der Waals surface area (Å²) in [5.74, 6) is 0.0432. The molecule has 0 unspecified atom stereocenters. The van der Waals surface area contributed by atoms with Gasteiger partial charge in [-0.05, 0) is 5.18 Å². The van der Waals surface area contributed by atoms with Crippen LogP contribution in [0.1, 0.15) is 0 Å². The molecule has 0 aliphatic carbocycles. The summed E-state index contributed by atoms with van der Waals surface area (Å²) < 4.78 is 0. The van der Waals surface area contributed by atoms with Crippen LogP contribution in [0, 0.1) is 4.91 Å². The van der Waals surface area contributed by atoms with Gasteiger partial charge in [0, 0.05) is 6.07 Å². The number of rotatable bonds is 1. The standard InChI is InChI=1S/C4H5N5O/c5-2-1-3(9-10)8-4(6)7-2/h1H,(H4,5,6,7,8). The molecule has 1 aromatic rings. The number of nitroso groups, excluding NO2 is 1. The molecule has 0 saturated carbocycles. The first kappa shape index (κ1) is 6.40. The van der Waals surface area contributed by atoms with Gasteiger partial charge in [-0.3, -0.25) is 0 Å². The van der Waals surface area contributed by atoms with E-state index in [1.54, 1.807) is 0 Å². The predicted octanol–water partition coefficient (Wildman–Crippen LogP) is 0.0389. The lowest BCUT2D eigenvalue weighted by atomic mass is 10.5. The maximum atomic E-state index is 9.86. The molecule has 1 aromatic heterocycles. The minimum absolute atomic E-state index is 0.0467. The largest absolute Gasteiger partial charge is 0.383 e. The second-order valence-corrected chi connectivity index (χ2v) is 1.60. The first-order chi connectivity index (χ1) is 4.72. The van der Waals surface area contributed by atoms with Crippen LogP contribution in [-0.4, -0.2) is 9.97 Å². The maximum Gasteiger partial charge on any atom is 0.224 e. The topological polar surface area (TPSA) is 107 Å². The Hall–Kier alpha value is -1.72. The van der Waals surface area contributed by atoms with Crippen molar-refractivity contribution >= 4 is 17.6 Å². The van der Waals surface area contributed by atoms with Gasteiger partial charge in [-0.1, -0.05) is 0 Å². The highest BCUT2D eigenvalue weighted by molar-refractivity contribution is 5.44. The van der Waals surface area contributed by atoms with Crippen LogP contribution >= 0.6 is 0 Å². The van der Waals surface area contributed by atoms with Gasteiger partial charge in [0.25, 0.3) is 0 Å². The van der Waals surface area contributed by atoms with Gasteiger partial charge in [-0.25, -0.2) is 0 Å². The second-order valence-electron chi connectivity index (χ2n) is 1.60. The Labute approximate surface area is 56.2 Å². The number of anilines is 2. The Morgan fingerprint density at radius 2 is 2.10 bits per heavy atom. The molecule has 0 bridgehead atoms. The number of aromatic nitrogens is 2. The van der Waals surface area contributed by atoms with Gasteiger partial charge in [0.15, 0.2) is 0 Å². The van der Waals surface area contributed by atoms with E-state index in [4.69, 9.17) is 11.5 Å². The van der Waals surface area contributed by atoms with Crippen LogP contribution in [0.4, 0.5) is 17.6 Å². The zero-order valence-corrected chi connectivity index (χ0v) is 4.98. The summed E-state index contributed by atoms with van der Waals surface area (Å²) in [4.78, 5) is 16.8. The minimum atomic E-state index is -0.0509. The van der Waals surface area contributed by atoms with Crippen LogP contribution in [0.3, 0.4) is 0 Å².